The van der Waals surface area contributed by atoms with Crippen molar-refractivity contribution in [2.45, 2.75) is 45.6 Å². The van der Waals surface area contributed by atoms with Gasteiger partial charge in [0.25, 0.3) is 5.91 Å². The van der Waals surface area contributed by atoms with E-state index in [9.17, 15) is 14.7 Å². The third-order valence-electron chi connectivity index (χ3n) is 4.22. The summed E-state index contributed by atoms with van der Waals surface area (Å²) in [4.78, 5) is 27.9. The molecule has 2 N–H and O–H groups in total. The maximum absolute atomic E-state index is 12.3. The molecule has 2 atom stereocenters. The van der Waals surface area contributed by atoms with Crippen molar-refractivity contribution in [1.29, 1.82) is 0 Å². The Hall–Kier alpha value is -1.62. The zero-order chi connectivity index (χ0) is 15.6. The third kappa shape index (κ3) is 3.18. The second kappa shape index (κ2) is 6.02. The summed E-state index contributed by atoms with van der Waals surface area (Å²) in [5, 5.41) is 12.5. The molecule has 1 amide bonds. The molecule has 21 heavy (non-hydrogen) atoms. The van der Waals surface area contributed by atoms with Gasteiger partial charge in [0.15, 0.2) is 0 Å². The highest BCUT2D eigenvalue weighted by Gasteiger charge is 2.45. The van der Waals surface area contributed by atoms with E-state index < -0.39 is 11.4 Å². The Morgan fingerprint density at radius 2 is 2.24 bits per heavy atom. The largest absolute Gasteiger partial charge is 0.481 e. The predicted octanol–water partition coefficient (Wildman–Crippen LogP) is 2.67. The van der Waals surface area contributed by atoms with Crippen molar-refractivity contribution in [1.82, 2.24) is 10.3 Å². The van der Waals surface area contributed by atoms with Gasteiger partial charge in [-0.05, 0) is 38.3 Å². The van der Waals surface area contributed by atoms with Crippen LogP contribution in [0.15, 0.2) is 12.1 Å². The van der Waals surface area contributed by atoms with Crippen LogP contribution in [-0.4, -0.2) is 28.0 Å². The molecule has 0 aliphatic heterocycles. The summed E-state index contributed by atoms with van der Waals surface area (Å²) in [6, 6.07) is 2.83. The van der Waals surface area contributed by atoms with Crippen LogP contribution in [0.1, 0.15) is 49.2 Å². The monoisotopic (exact) mass is 310 g/mol. The van der Waals surface area contributed by atoms with Crippen LogP contribution in [0.5, 0.6) is 0 Å². The lowest BCUT2D eigenvalue weighted by Crippen LogP contribution is -2.47. The summed E-state index contributed by atoms with van der Waals surface area (Å²) < 4.78 is 0. The van der Waals surface area contributed by atoms with Gasteiger partial charge in [-0.25, -0.2) is 4.98 Å². The molecule has 1 saturated carbocycles. The standard InChI is InChI=1S/C15H19ClN2O3/c1-3-10-7-9(8-12(16)17-10)13(19)18-11-5-4-6-15(11,2)14(20)21/h7-8,11H,3-6H2,1-2H3,(H,18,19)(H,20,21). The van der Waals surface area contributed by atoms with Crippen LogP contribution in [-0.2, 0) is 11.2 Å². The molecule has 0 aromatic carbocycles. The molecule has 1 aromatic rings. The van der Waals surface area contributed by atoms with Crippen LogP contribution < -0.4 is 5.32 Å². The smallest absolute Gasteiger partial charge is 0.311 e. The number of aryl methyl sites for hydroxylation is 1. The summed E-state index contributed by atoms with van der Waals surface area (Å²) in [5.41, 5.74) is 0.256. The molecule has 0 radical (unpaired) electrons. The van der Waals surface area contributed by atoms with Crippen LogP contribution in [0.2, 0.25) is 5.15 Å². The lowest BCUT2D eigenvalue weighted by atomic mass is 9.85. The first-order chi connectivity index (χ1) is 9.86. The fourth-order valence-corrected chi connectivity index (χ4v) is 2.98. The van der Waals surface area contributed by atoms with E-state index in [-0.39, 0.29) is 17.1 Å². The van der Waals surface area contributed by atoms with E-state index >= 15 is 0 Å². The minimum absolute atomic E-state index is 0.270. The highest BCUT2D eigenvalue weighted by molar-refractivity contribution is 6.29. The van der Waals surface area contributed by atoms with E-state index in [4.69, 9.17) is 11.6 Å². The zero-order valence-electron chi connectivity index (χ0n) is 12.1. The van der Waals surface area contributed by atoms with E-state index in [1.165, 1.54) is 6.07 Å². The normalized spacial score (nSPS) is 24.8. The second-order valence-corrected chi connectivity index (χ2v) is 6.05. The quantitative estimate of drug-likeness (QED) is 0.838. The van der Waals surface area contributed by atoms with Gasteiger partial charge in [0, 0.05) is 17.3 Å². The van der Waals surface area contributed by atoms with Crippen LogP contribution >= 0.6 is 11.6 Å². The molecule has 0 saturated heterocycles. The first kappa shape index (κ1) is 15.8. The van der Waals surface area contributed by atoms with Crippen molar-refractivity contribution in [3.05, 3.63) is 28.5 Å². The average Bonchev–Trinajstić information content (AvgIpc) is 2.80. The van der Waals surface area contributed by atoms with Crippen molar-refractivity contribution < 1.29 is 14.7 Å². The van der Waals surface area contributed by atoms with Crippen LogP contribution in [0.3, 0.4) is 0 Å². The number of aliphatic carboxylic acids is 1. The highest BCUT2D eigenvalue weighted by atomic mass is 35.5. The van der Waals surface area contributed by atoms with Crippen molar-refractivity contribution in [2.75, 3.05) is 0 Å². The number of carbonyl (C=O) groups is 2. The van der Waals surface area contributed by atoms with E-state index in [2.05, 4.69) is 10.3 Å². The zero-order valence-corrected chi connectivity index (χ0v) is 12.9. The highest BCUT2D eigenvalue weighted by Crippen LogP contribution is 2.38. The summed E-state index contributed by atoms with van der Waals surface area (Å²) >= 11 is 5.91. The number of aromatic nitrogens is 1. The van der Waals surface area contributed by atoms with Gasteiger partial charge < -0.3 is 10.4 Å². The Bertz CT molecular complexity index is 576. The number of carboxylic acids is 1. The number of pyridine rings is 1. The van der Waals surface area contributed by atoms with E-state index in [1.54, 1.807) is 13.0 Å². The molecular weight excluding hydrogens is 292 g/mol. The SMILES string of the molecule is CCc1cc(C(=O)NC2CCCC2(C)C(=O)O)cc(Cl)n1. The molecule has 2 rings (SSSR count). The maximum atomic E-state index is 12.3. The van der Waals surface area contributed by atoms with Gasteiger partial charge in [0.05, 0.1) is 5.41 Å². The van der Waals surface area contributed by atoms with Gasteiger partial charge in [0.1, 0.15) is 5.15 Å². The molecule has 0 spiro atoms. The molecule has 1 aromatic heterocycles. The predicted molar refractivity (Wildman–Crippen MR) is 79.5 cm³/mol. The number of halogens is 1. The van der Waals surface area contributed by atoms with Crippen LogP contribution in [0.4, 0.5) is 0 Å². The first-order valence-electron chi connectivity index (χ1n) is 7.07. The third-order valence-corrected chi connectivity index (χ3v) is 4.42. The molecule has 0 bridgehead atoms. The summed E-state index contributed by atoms with van der Waals surface area (Å²) in [5.74, 6) is -1.17. The van der Waals surface area contributed by atoms with E-state index in [0.717, 1.165) is 12.1 Å². The Kier molecular flexibility index (Phi) is 4.52. The number of rotatable bonds is 4. The minimum Gasteiger partial charge on any atom is -0.481 e. The molecule has 114 valence electrons. The van der Waals surface area contributed by atoms with Crippen molar-refractivity contribution in [3.63, 3.8) is 0 Å². The number of hydrogen-bond donors (Lipinski definition) is 2. The van der Waals surface area contributed by atoms with Gasteiger partial charge in [-0.15, -0.1) is 0 Å². The van der Waals surface area contributed by atoms with Gasteiger partial charge in [0.2, 0.25) is 0 Å². The number of hydrogen-bond acceptors (Lipinski definition) is 3. The fraction of sp³-hybridized carbons (Fsp3) is 0.533. The lowest BCUT2D eigenvalue weighted by Gasteiger charge is -2.27. The van der Waals surface area contributed by atoms with Crippen molar-refractivity contribution in [3.8, 4) is 0 Å². The number of amides is 1. The lowest BCUT2D eigenvalue weighted by molar-refractivity contribution is -0.148. The van der Waals surface area contributed by atoms with Gasteiger partial charge in [-0.1, -0.05) is 24.9 Å². The Balaban J connectivity index is 2.18. The molecule has 1 heterocycles. The Morgan fingerprint density at radius 3 is 2.86 bits per heavy atom. The van der Waals surface area contributed by atoms with Crippen molar-refractivity contribution >= 4 is 23.5 Å². The molecule has 2 unspecified atom stereocenters. The van der Waals surface area contributed by atoms with E-state index in [1.807, 2.05) is 6.92 Å². The minimum atomic E-state index is -0.903. The number of carbonyl (C=O) groups excluding carboxylic acids is 1. The number of nitrogens with zero attached hydrogens (tertiary/aromatic N) is 1. The van der Waals surface area contributed by atoms with Crippen LogP contribution in [0, 0.1) is 5.41 Å². The average molecular weight is 311 g/mol. The second-order valence-electron chi connectivity index (χ2n) is 5.66. The number of nitrogens with one attached hydrogen (secondary N) is 1. The summed E-state index contributed by atoms with van der Waals surface area (Å²) in [6.07, 6.45) is 2.72. The Labute approximate surface area is 128 Å². The molecule has 1 aliphatic carbocycles. The summed E-state index contributed by atoms with van der Waals surface area (Å²) in [6.45, 7) is 3.61. The fourth-order valence-electron chi connectivity index (χ4n) is 2.76. The van der Waals surface area contributed by atoms with Gasteiger partial charge in [-0.2, -0.15) is 0 Å². The molecule has 1 fully saturated rings. The first-order valence-corrected chi connectivity index (χ1v) is 7.45. The van der Waals surface area contributed by atoms with Gasteiger partial charge in [-0.3, -0.25) is 9.59 Å². The molecule has 5 nitrogen and oxygen atoms in total. The van der Waals surface area contributed by atoms with Gasteiger partial charge >= 0.3 is 5.97 Å². The van der Waals surface area contributed by atoms with Crippen LogP contribution in [0.25, 0.3) is 0 Å². The molecular formula is C15H19ClN2O3. The van der Waals surface area contributed by atoms with Crippen molar-refractivity contribution in [2.24, 2.45) is 5.41 Å². The maximum Gasteiger partial charge on any atom is 0.311 e. The van der Waals surface area contributed by atoms with E-state index in [0.29, 0.717) is 24.8 Å². The summed E-state index contributed by atoms with van der Waals surface area (Å²) in [7, 11) is 0. The molecule has 1 aliphatic rings. The topological polar surface area (TPSA) is 79.3 Å². The number of carboxylic acid groups (broad SMARTS) is 1. The Morgan fingerprint density at radius 1 is 1.52 bits per heavy atom. The molecule has 6 heteroatoms.